The van der Waals surface area contributed by atoms with Gasteiger partial charge in [-0.15, -0.1) is 6.58 Å². The Hall–Kier alpha value is -2.19. The lowest BCUT2D eigenvalue weighted by atomic mass is 10.1. The van der Waals surface area contributed by atoms with E-state index >= 15 is 0 Å². The Balaban J connectivity index is 2.39. The third-order valence-electron chi connectivity index (χ3n) is 2.96. The lowest BCUT2D eigenvalue weighted by Crippen LogP contribution is -2.05. The molecule has 1 aromatic carbocycles. The van der Waals surface area contributed by atoms with Crippen molar-refractivity contribution in [2.24, 2.45) is 4.99 Å². The van der Waals surface area contributed by atoms with E-state index in [1.54, 1.807) is 24.3 Å². The maximum Gasteiger partial charge on any atom is 0.308 e. The van der Waals surface area contributed by atoms with Gasteiger partial charge in [0.25, 0.3) is 0 Å². The Kier molecular flexibility index (Phi) is 6.72. The van der Waals surface area contributed by atoms with Gasteiger partial charge in [0.05, 0.1) is 14.2 Å². The van der Waals surface area contributed by atoms with Crippen LogP contribution in [-0.2, 0) is 9.59 Å². The van der Waals surface area contributed by atoms with Crippen LogP contribution in [0.4, 0.5) is 0 Å². The molecule has 0 atom stereocenters. The van der Waals surface area contributed by atoms with E-state index in [2.05, 4.69) is 11.6 Å². The number of esters is 1. The Morgan fingerprint density at radius 1 is 1.32 bits per heavy atom. The van der Waals surface area contributed by atoms with Gasteiger partial charge in [-0.1, -0.05) is 17.8 Å². The molecule has 6 nitrogen and oxygen atoms in total. The van der Waals surface area contributed by atoms with E-state index in [1.807, 2.05) is 0 Å². The van der Waals surface area contributed by atoms with Crippen molar-refractivity contribution in [3.8, 4) is 17.2 Å². The van der Waals surface area contributed by atoms with Crippen molar-refractivity contribution in [3.05, 3.63) is 36.0 Å². The number of hydrogen-bond acceptors (Lipinski definition) is 8. The first kappa shape index (κ1) is 19.1. The summed E-state index contributed by atoms with van der Waals surface area (Å²) in [6.07, 6.45) is 3.39. The highest BCUT2D eigenvalue weighted by atomic mass is 32.2. The summed E-state index contributed by atoms with van der Waals surface area (Å²) in [5.74, 6) is 1.04. The van der Waals surface area contributed by atoms with Crippen molar-refractivity contribution in [3.63, 3.8) is 0 Å². The van der Waals surface area contributed by atoms with E-state index in [-0.39, 0.29) is 10.9 Å². The second-order valence-electron chi connectivity index (χ2n) is 4.74. The molecule has 1 heterocycles. The Labute approximate surface area is 154 Å². The molecule has 8 heteroatoms. The highest BCUT2D eigenvalue weighted by Gasteiger charge is 2.23. The quantitative estimate of drug-likeness (QED) is 0.324. The van der Waals surface area contributed by atoms with Gasteiger partial charge < -0.3 is 14.2 Å². The molecule has 0 unspecified atom stereocenters. The average molecular weight is 379 g/mol. The smallest absolute Gasteiger partial charge is 0.308 e. The molecule has 1 aromatic rings. The van der Waals surface area contributed by atoms with Crippen molar-refractivity contribution in [1.82, 2.24) is 0 Å². The number of nitrogens with zero attached hydrogens (tertiary/aromatic N) is 1. The standard InChI is InChI=1S/C17H17NO5S2/c1-5-6-24-17-18-12(16(20)25-17)7-11-8-13(21-3)15(23-10(2)19)14(9-11)22-4/h5,7-9H,1,6H2,2-4H3/b12-7+. The zero-order valence-corrected chi connectivity index (χ0v) is 15.7. The van der Waals surface area contributed by atoms with Crippen molar-refractivity contribution < 1.29 is 23.8 Å². The molecule has 0 N–H and O–H groups in total. The first-order chi connectivity index (χ1) is 12.0. The van der Waals surface area contributed by atoms with E-state index in [1.165, 1.54) is 32.9 Å². The van der Waals surface area contributed by atoms with Gasteiger partial charge in [0.2, 0.25) is 10.9 Å². The molecule has 132 valence electrons. The summed E-state index contributed by atoms with van der Waals surface area (Å²) in [4.78, 5) is 27.7. The van der Waals surface area contributed by atoms with Crippen LogP contribution in [0.15, 0.2) is 35.5 Å². The number of aliphatic imine (C=N–C) groups is 1. The Bertz CT molecular complexity index is 745. The average Bonchev–Trinajstić information content (AvgIpc) is 2.93. The lowest BCUT2D eigenvalue weighted by Gasteiger charge is -2.13. The number of thioether (sulfide) groups is 2. The van der Waals surface area contributed by atoms with E-state index < -0.39 is 5.97 Å². The summed E-state index contributed by atoms with van der Waals surface area (Å²) >= 11 is 2.54. The molecule has 2 rings (SSSR count). The number of rotatable bonds is 6. The number of carbonyl (C=O) groups excluding carboxylic acids is 2. The fourth-order valence-electron chi connectivity index (χ4n) is 1.97. The normalized spacial score (nSPS) is 15.1. The first-order valence-electron chi connectivity index (χ1n) is 7.19. The molecule has 0 saturated heterocycles. The van der Waals surface area contributed by atoms with Crippen molar-refractivity contribution >= 4 is 45.1 Å². The second-order valence-corrected chi connectivity index (χ2v) is 6.97. The van der Waals surface area contributed by atoms with Crippen molar-refractivity contribution in [2.45, 2.75) is 6.92 Å². The van der Waals surface area contributed by atoms with Gasteiger partial charge in [-0.25, -0.2) is 4.99 Å². The van der Waals surface area contributed by atoms with Gasteiger partial charge in [0.15, 0.2) is 11.5 Å². The number of ether oxygens (including phenoxy) is 3. The summed E-state index contributed by atoms with van der Waals surface area (Å²) in [7, 11) is 2.91. The summed E-state index contributed by atoms with van der Waals surface area (Å²) in [6, 6.07) is 3.30. The van der Waals surface area contributed by atoms with Crippen LogP contribution < -0.4 is 14.2 Å². The minimum absolute atomic E-state index is 0.131. The van der Waals surface area contributed by atoms with Gasteiger partial charge in [-0.3, -0.25) is 9.59 Å². The maximum atomic E-state index is 12.1. The number of methoxy groups -OCH3 is 2. The largest absolute Gasteiger partial charge is 0.493 e. The van der Waals surface area contributed by atoms with Crippen LogP contribution in [0.25, 0.3) is 6.08 Å². The first-order valence-corrected chi connectivity index (χ1v) is 8.99. The van der Waals surface area contributed by atoms with E-state index in [4.69, 9.17) is 14.2 Å². The van der Waals surface area contributed by atoms with Crippen LogP contribution in [0, 0.1) is 0 Å². The topological polar surface area (TPSA) is 74.2 Å². The van der Waals surface area contributed by atoms with Crippen LogP contribution in [0.1, 0.15) is 12.5 Å². The van der Waals surface area contributed by atoms with Gasteiger partial charge in [0.1, 0.15) is 10.1 Å². The van der Waals surface area contributed by atoms with Gasteiger partial charge >= 0.3 is 5.97 Å². The fourth-order valence-corrected chi connectivity index (χ4v) is 3.57. The minimum Gasteiger partial charge on any atom is -0.493 e. The van der Waals surface area contributed by atoms with Crippen LogP contribution in [-0.4, -0.2) is 35.4 Å². The molecule has 1 aliphatic rings. The summed E-state index contributed by atoms with van der Waals surface area (Å²) in [5, 5.41) is -0.131. The maximum absolute atomic E-state index is 12.1. The molecular weight excluding hydrogens is 362 g/mol. The van der Waals surface area contributed by atoms with Gasteiger partial charge in [-0.05, 0) is 35.5 Å². The number of hydrogen-bond donors (Lipinski definition) is 0. The predicted molar refractivity (Wildman–Crippen MR) is 102 cm³/mol. The minimum atomic E-state index is -0.487. The van der Waals surface area contributed by atoms with Crippen LogP contribution in [0.5, 0.6) is 17.2 Å². The second kappa shape index (κ2) is 8.77. The Morgan fingerprint density at radius 2 is 1.96 bits per heavy atom. The summed E-state index contributed by atoms with van der Waals surface area (Å²) in [6.45, 7) is 4.94. The van der Waals surface area contributed by atoms with E-state index in [0.717, 1.165) is 11.8 Å². The van der Waals surface area contributed by atoms with Crippen LogP contribution >= 0.6 is 23.5 Å². The van der Waals surface area contributed by atoms with Gasteiger partial charge in [0, 0.05) is 12.7 Å². The highest BCUT2D eigenvalue weighted by molar-refractivity contribution is 8.45. The molecule has 1 aliphatic heterocycles. The zero-order valence-electron chi connectivity index (χ0n) is 14.0. The van der Waals surface area contributed by atoms with E-state index in [0.29, 0.717) is 32.9 Å². The van der Waals surface area contributed by atoms with Crippen LogP contribution in [0.3, 0.4) is 0 Å². The molecule has 0 spiro atoms. The molecule has 0 aromatic heterocycles. The third-order valence-corrected chi connectivity index (χ3v) is 4.96. The molecular formula is C17H17NO5S2. The van der Waals surface area contributed by atoms with E-state index in [9.17, 15) is 9.59 Å². The highest BCUT2D eigenvalue weighted by Crippen LogP contribution is 2.40. The molecule has 0 bridgehead atoms. The zero-order chi connectivity index (χ0) is 18.4. The molecule has 0 saturated carbocycles. The molecule has 25 heavy (non-hydrogen) atoms. The van der Waals surface area contributed by atoms with Crippen molar-refractivity contribution in [2.75, 3.05) is 20.0 Å². The third kappa shape index (κ3) is 4.90. The summed E-state index contributed by atoms with van der Waals surface area (Å²) < 4.78 is 16.4. The monoisotopic (exact) mass is 379 g/mol. The Morgan fingerprint density at radius 3 is 2.48 bits per heavy atom. The summed E-state index contributed by atoms with van der Waals surface area (Å²) in [5.41, 5.74) is 0.980. The van der Waals surface area contributed by atoms with Gasteiger partial charge in [-0.2, -0.15) is 0 Å². The number of benzene rings is 1. The lowest BCUT2D eigenvalue weighted by molar-refractivity contribution is -0.132. The van der Waals surface area contributed by atoms with Crippen LogP contribution in [0.2, 0.25) is 0 Å². The molecule has 0 aliphatic carbocycles. The van der Waals surface area contributed by atoms with Crippen molar-refractivity contribution in [1.29, 1.82) is 0 Å². The number of carbonyl (C=O) groups is 2. The fraction of sp³-hybridized carbons (Fsp3) is 0.235. The molecule has 0 radical (unpaired) electrons. The molecule has 0 amide bonds. The predicted octanol–water partition coefficient (Wildman–Crippen LogP) is 3.52. The molecule has 0 fully saturated rings. The SMILES string of the molecule is C=CCSC1=N/C(=C/c2cc(OC)c(OC(C)=O)c(OC)c2)C(=O)S1.